The second-order valence-corrected chi connectivity index (χ2v) is 5.91. The lowest BCUT2D eigenvalue weighted by atomic mass is 10.1. The fourth-order valence-corrected chi connectivity index (χ4v) is 2.87. The highest BCUT2D eigenvalue weighted by atomic mass is 19.1. The number of carbonyl (C=O) groups is 1. The number of ether oxygens (including phenoxy) is 1. The van der Waals surface area contributed by atoms with E-state index < -0.39 is 11.6 Å². The zero-order valence-electron chi connectivity index (χ0n) is 15.1. The van der Waals surface area contributed by atoms with Crippen LogP contribution in [0.25, 0.3) is 5.69 Å². The number of benzene rings is 1. The minimum absolute atomic E-state index is 0.0741. The van der Waals surface area contributed by atoms with Gasteiger partial charge in [0.15, 0.2) is 5.82 Å². The van der Waals surface area contributed by atoms with Crippen LogP contribution in [0.4, 0.5) is 8.78 Å². The van der Waals surface area contributed by atoms with E-state index in [1.54, 1.807) is 32.2 Å². The van der Waals surface area contributed by atoms with E-state index in [1.807, 2.05) is 0 Å². The molecule has 2 heterocycles. The highest BCUT2D eigenvalue weighted by Crippen LogP contribution is 2.21. The Kier molecular flexibility index (Phi) is 5.16. The average Bonchev–Trinajstić information content (AvgIpc) is 2.94. The molecule has 0 radical (unpaired) electrons. The van der Waals surface area contributed by atoms with Gasteiger partial charge in [0.1, 0.15) is 11.5 Å². The van der Waals surface area contributed by atoms with Gasteiger partial charge in [-0.25, -0.2) is 18.4 Å². The number of nitrogens with one attached hydrogen (secondary N) is 1. The monoisotopic (exact) mass is 372 g/mol. The van der Waals surface area contributed by atoms with E-state index in [4.69, 9.17) is 4.74 Å². The summed E-state index contributed by atoms with van der Waals surface area (Å²) in [4.78, 5) is 16.7. The van der Waals surface area contributed by atoms with Gasteiger partial charge in [0.05, 0.1) is 24.1 Å². The quantitative estimate of drug-likeness (QED) is 0.747. The van der Waals surface area contributed by atoms with Crippen molar-refractivity contribution < 1.29 is 18.3 Å². The summed E-state index contributed by atoms with van der Waals surface area (Å²) in [6.45, 7) is 3.53. The summed E-state index contributed by atoms with van der Waals surface area (Å²) in [5.41, 5.74) is 2.02. The average molecular weight is 372 g/mol. The molecular formula is C19H18F2N4O2. The normalized spacial score (nSPS) is 10.7. The van der Waals surface area contributed by atoms with Crippen molar-refractivity contribution in [2.45, 2.75) is 20.4 Å². The van der Waals surface area contributed by atoms with E-state index in [9.17, 15) is 13.6 Å². The molecule has 8 heteroatoms. The zero-order chi connectivity index (χ0) is 19.6. The maximum absolute atomic E-state index is 14.1. The van der Waals surface area contributed by atoms with E-state index >= 15 is 0 Å². The van der Waals surface area contributed by atoms with E-state index in [-0.39, 0.29) is 18.1 Å². The predicted octanol–water partition coefficient (Wildman–Crippen LogP) is 3.10. The summed E-state index contributed by atoms with van der Waals surface area (Å²) in [5, 5.41) is 7.03. The minimum atomic E-state index is -0.757. The molecule has 0 saturated carbocycles. The fraction of sp³-hybridized carbons (Fsp3) is 0.211. The highest BCUT2D eigenvalue weighted by molar-refractivity contribution is 5.96. The molecular weight excluding hydrogens is 354 g/mol. The summed E-state index contributed by atoms with van der Waals surface area (Å²) in [7, 11) is 1.50. The molecule has 0 spiro atoms. The van der Waals surface area contributed by atoms with Crippen molar-refractivity contribution in [2.24, 2.45) is 0 Å². The molecule has 0 aliphatic rings. The Bertz CT molecular complexity index is 1000. The lowest BCUT2D eigenvalue weighted by Crippen LogP contribution is -2.24. The zero-order valence-corrected chi connectivity index (χ0v) is 15.1. The van der Waals surface area contributed by atoms with Crippen LogP contribution in [0.1, 0.15) is 27.3 Å². The number of methoxy groups -OCH3 is 1. The molecule has 0 aliphatic heterocycles. The highest BCUT2D eigenvalue weighted by Gasteiger charge is 2.21. The van der Waals surface area contributed by atoms with Gasteiger partial charge in [-0.2, -0.15) is 5.10 Å². The number of carbonyl (C=O) groups excluding carboxylic acids is 1. The number of halogens is 2. The van der Waals surface area contributed by atoms with Gasteiger partial charge in [-0.15, -0.1) is 0 Å². The Morgan fingerprint density at radius 1 is 1.26 bits per heavy atom. The Balaban J connectivity index is 1.87. The largest absolute Gasteiger partial charge is 0.481 e. The van der Waals surface area contributed by atoms with E-state index in [2.05, 4.69) is 15.4 Å². The van der Waals surface area contributed by atoms with E-state index in [1.165, 1.54) is 17.9 Å². The molecule has 1 amide bonds. The number of hydrogen-bond donors (Lipinski definition) is 1. The minimum Gasteiger partial charge on any atom is -0.481 e. The Morgan fingerprint density at radius 3 is 2.74 bits per heavy atom. The van der Waals surface area contributed by atoms with Crippen LogP contribution in [0, 0.1) is 25.5 Å². The number of rotatable bonds is 5. The van der Waals surface area contributed by atoms with Gasteiger partial charge in [-0.05, 0) is 32.0 Å². The third-order valence-corrected chi connectivity index (χ3v) is 4.14. The predicted molar refractivity (Wildman–Crippen MR) is 94.9 cm³/mol. The van der Waals surface area contributed by atoms with Gasteiger partial charge >= 0.3 is 0 Å². The molecule has 27 heavy (non-hydrogen) atoms. The van der Waals surface area contributed by atoms with Gasteiger partial charge < -0.3 is 10.1 Å². The molecule has 140 valence electrons. The van der Waals surface area contributed by atoms with Crippen molar-refractivity contribution in [3.63, 3.8) is 0 Å². The van der Waals surface area contributed by atoms with Gasteiger partial charge in [-0.1, -0.05) is 6.07 Å². The molecule has 1 aromatic carbocycles. The molecule has 1 N–H and O–H groups in total. The molecule has 2 aromatic heterocycles. The number of aromatic nitrogens is 3. The molecule has 3 rings (SSSR count). The van der Waals surface area contributed by atoms with Crippen molar-refractivity contribution in [3.05, 3.63) is 70.7 Å². The first-order valence-corrected chi connectivity index (χ1v) is 8.20. The third kappa shape index (κ3) is 3.64. The topological polar surface area (TPSA) is 69.0 Å². The molecule has 0 fully saturated rings. The van der Waals surface area contributed by atoms with Crippen LogP contribution in [-0.4, -0.2) is 27.8 Å². The van der Waals surface area contributed by atoms with E-state index in [0.717, 1.165) is 17.7 Å². The van der Waals surface area contributed by atoms with Crippen LogP contribution in [0.5, 0.6) is 5.88 Å². The Labute approximate surface area is 154 Å². The number of amides is 1. The summed E-state index contributed by atoms with van der Waals surface area (Å²) in [6.07, 6.45) is 1.60. The summed E-state index contributed by atoms with van der Waals surface area (Å²) >= 11 is 0. The van der Waals surface area contributed by atoms with Crippen LogP contribution < -0.4 is 10.1 Å². The molecule has 0 aliphatic carbocycles. The second kappa shape index (κ2) is 7.53. The van der Waals surface area contributed by atoms with Gasteiger partial charge in [-0.3, -0.25) is 4.79 Å². The molecule has 0 unspecified atom stereocenters. The molecule has 0 bridgehead atoms. The Morgan fingerprint density at radius 2 is 2.04 bits per heavy atom. The lowest BCUT2D eigenvalue weighted by Gasteiger charge is -2.09. The van der Waals surface area contributed by atoms with Crippen molar-refractivity contribution in [3.8, 4) is 11.6 Å². The van der Waals surface area contributed by atoms with Crippen LogP contribution in [0.2, 0.25) is 0 Å². The summed E-state index contributed by atoms with van der Waals surface area (Å²) < 4.78 is 33.7. The van der Waals surface area contributed by atoms with Gasteiger partial charge in [0.2, 0.25) is 5.88 Å². The molecule has 0 saturated heterocycles. The first kappa shape index (κ1) is 18.5. The fourth-order valence-electron chi connectivity index (χ4n) is 2.87. The number of hydrogen-bond acceptors (Lipinski definition) is 4. The Hall–Kier alpha value is -3.29. The maximum atomic E-state index is 14.1. The molecule has 0 atom stereocenters. The van der Waals surface area contributed by atoms with Crippen molar-refractivity contribution in [1.29, 1.82) is 0 Å². The number of aryl methyl sites for hydroxylation is 1. The lowest BCUT2D eigenvalue weighted by molar-refractivity contribution is 0.0949. The van der Waals surface area contributed by atoms with Crippen LogP contribution in [0.3, 0.4) is 0 Å². The van der Waals surface area contributed by atoms with Crippen LogP contribution in [0.15, 0.2) is 36.5 Å². The third-order valence-electron chi connectivity index (χ3n) is 4.14. The van der Waals surface area contributed by atoms with E-state index in [0.29, 0.717) is 22.8 Å². The van der Waals surface area contributed by atoms with Crippen LogP contribution in [-0.2, 0) is 6.54 Å². The number of pyridine rings is 1. The van der Waals surface area contributed by atoms with Crippen LogP contribution >= 0.6 is 0 Å². The SMILES string of the molecule is COc1ncccc1CNC(=O)c1c(C)nn(-c2ccc(F)cc2F)c1C. The first-order chi connectivity index (χ1) is 12.9. The van der Waals surface area contributed by atoms with Crippen molar-refractivity contribution >= 4 is 5.91 Å². The second-order valence-electron chi connectivity index (χ2n) is 5.91. The smallest absolute Gasteiger partial charge is 0.255 e. The van der Waals surface area contributed by atoms with Gasteiger partial charge in [0, 0.05) is 24.4 Å². The van der Waals surface area contributed by atoms with Crippen molar-refractivity contribution in [1.82, 2.24) is 20.1 Å². The number of nitrogens with zero attached hydrogens (tertiary/aromatic N) is 3. The summed E-state index contributed by atoms with van der Waals surface area (Å²) in [6, 6.07) is 6.74. The standard InChI is InChI=1S/C19H18F2N4O2/c1-11-17(18(26)23-10-13-5-4-8-22-19(13)27-3)12(2)25(24-11)16-7-6-14(20)9-15(16)21/h4-9H,10H2,1-3H3,(H,23,26). The maximum Gasteiger partial charge on any atom is 0.255 e. The molecule has 6 nitrogen and oxygen atoms in total. The summed E-state index contributed by atoms with van der Waals surface area (Å²) in [5.74, 6) is -1.37. The molecule has 3 aromatic rings. The first-order valence-electron chi connectivity index (χ1n) is 8.20. The van der Waals surface area contributed by atoms with Gasteiger partial charge in [0.25, 0.3) is 5.91 Å². The van der Waals surface area contributed by atoms with Crippen molar-refractivity contribution in [2.75, 3.05) is 7.11 Å².